The summed E-state index contributed by atoms with van der Waals surface area (Å²) in [6.07, 6.45) is 5.94. The number of halogens is 2. The minimum absolute atomic E-state index is 0. The van der Waals surface area contributed by atoms with Crippen LogP contribution in [0.4, 0.5) is 4.39 Å². The molecule has 28 heavy (non-hydrogen) atoms. The molecule has 0 bridgehead atoms. The summed E-state index contributed by atoms with van der Waals surface area (Å²) in [5, 5.41) is 3.41. The summed E-state index contributed by atoms with van der Waals surface area (Å²) in [5.74, 6) is 3.03. The number of fused-ring (bicyclic) bond motifs is 1. The minimum atomic E-state index is -0.245. The molecule has 1 saturated carbocycles. The van der Waals surface area contributed by atoms with Gasteiger partial charge < -0.3 is 19.7 Å². The van der Waals surface area contributed by atoms with Gasteiger partial charge >= 0.3 is 0 Å². The average Bonchev–Trinajstić information content (AvgIpc) is 2.66. The van der Waals surface area contributed by atoms with Gasteiger partial charge in [-0.05, 0) is 48.8 Å². The predicted octanol–water partition coefficient (Wildman–Crippen LogP) is 4.19. The van der Waals surface area contributed by atoms with Gasteiger partial charge in [-0.2, -0.15) is 0 Å². The average molecular weight is 505 g/mol. The topological polar surface area (TPSA) is 46.1 Å². The van der Waals surface area contributed by atoms with E-state index in [0.29, 0.717) is 19.6 Å². The first-order valence-electron chi connectivity index (χ1n) is 10.0. The number of nitrogens with one attached hydrogen (secondary N) is 1. The molecular weight excluding hydrogens is 472 g/mol. The van der Waals surface area contributed by atoms with Crippen molar-refractivity contribution in [3.05, 3.63) is 29.1 Å². The Morgan fingerprint density at radius 3 is 2.75 bits per heavy atom. The zero-order valence-corrected chi connectivity index (χ0v) is 19.5. The summed E-state index contributed by atoms with van der Waals surface area (Å²) in [6, 6.07) is 3.05. The fourth-order valence-corrected chi connectivity index (χ4v) is 4.12. The molecule has 0 atom stereocenters. The maximum atomic E-state index is 13.9. The standard InChI is InChI=1S/C21H32FN3O2.HI/c1-15-4-6-16(7-5-15)12-25(3)21(23-2)24-9-8-17-10-19(22)11-18-13-26-14-27-20(17)18;/h10-11,15-16H,4-9,12-14H2,1-3H3,(H,23,24);1H. The van der Waals surface area contributed by atoms with Gasteiger partial charge in [-0.25, -0.2) is 4.39 Å². The molecule has 0 amide bonds. The lowest BCUT2D eigenvalue weighted by atomic mass is 9.83. The van der Waals surface area contributed by atoms with E-state index in [1.165, 1.54) is 31.7 Å². The molecule has 2 aliphatic rings. The Bertz CT molecular complexity index is 663. The van der Waals surface area contributed by atoms with Gasteiger partial charge in [0.15, 0.2) is 12.8 Å². The molecule has 1 heterocycles. The molecule has 0 unspecified atom stereocenters. The molecule has 0 spiro atoms. The molecule has 5 nitrogen and oxygen atoms in total. The van der Waals surface area contributed by atoms with Crippen LogP contribution >= 0.6 is 24.0 Å². The van der Waals surface area contributed by atoms with Crippen molar-refractivity contribution in [1.29, 1.82) is 0 Å². The van der Waals surface area contributed by atoms with E-state index < -0.39 is 0 Å². The van der Waals surface area contributed by atoms with E-state index >= 15 is 0 Å². The lowest BCUT2D eigenvalue weighted by Gasteiger charge is -2.31. The van der Waals surface area contributed by atoms with Crippen LogP contribution in [0.3, 0.4) is 0 Å². The van der Waals surface area contributed by atoms with E-state index in [1.807, 2.05) is 7.05 Å². The van der Waals surface area contributed by atoms with Crippen LogP contribution < -0.4 is 10.1 Å². The first kappa shape index (κ1) is 23.2. The van der Waals surface area contributed by atoms with Gasteiger partial charge in [0.1, 0.15) is 11.6 Å². The van der Waals surface area contributed by atoms with Gasteiger partial charge in [0.05, 0.1) is 6.61 Å². The third-order valence-corrected chi connectivity index (χ3v) is 5.67. The summed E-state index contributed by atoms with van der Waals surface area (Å²) in [7, 11) is 3.91. The monoisotopic (exact) mass is 505 g/mol. The lowest BCUT2D eigenvalue weighted by Crippen LogP contribution is -2.42. The van der Waals surface area contributed by atoms with Crippen molar-refractivity contribution in [1.82, 2.24) is 10.2 Å². The molecule has 1 aromatic carbocycles. The summed E-state index contributed by atoms with van der Waals surface area (Å²) < 4.78 is 24.7. The van der Waals surface area contributed by atoms with Crippen LogP contribution in [-0.2, 0) is 17.8 Å². The van der Waals surface area contributed by atoms with Crippen LogP contribution in [0.15, 0.2) is 17.1 Å². The summed E-state index contributed by atoms with van der Waals surface area (Å²) in [5.41, 5.74) is 1.66. The fraction of sp³-hybridized carbons (Fsp3) is 0.667. The van der Waals surface area contributed by atoms with Gasteiger partial charge in [-0.3, -0.25) is 4.99 Å². The van der Waals surface area contributed by atoms with Gasteiger partial charge in [-0.1, -0.05) is 19.8 Å². The SMILES string of the molecule is CN=C(NCCc1cc(F)cc2c1OCOC2)N(C)CC1CCC(C)CC1.I. The molecule has 1 aliphatic heterocycles. The normalized spacial score (nSPS) is 21.9. The Kier molecular flexibility index (Phi) is 9.27. The van der Waals surface area contributed by atoms with Gasteiger partial charge in [0.2, 0.25) is 0 Å². The highest BCUT2D eigenvalue weighted by Crippen LogP contribution is 2.30. The van der Waals surface area contributed by atoms with Crippen molar-refractivity contribution >= 4 is 29.9 Å². The van der Waals surface area contributed by atoms with Crippen molar-refractivity contribution in [2.45, 2.75) is 45.6 Å². The number of ether oxygens (including phenoxy) is 2. The Hall–Kier alpha value is -1.09. The Labute approximate surface area is 185 Å². The van der Waals surface area contributed by atoms with Crippen molar-refractivity contribution < 1.29 is 13.9 Å². The van der Waals surface area contributed by atoms with Gasteiger partial charge in [-0.15, -0.1) is 24.0 Å². The van der Waals surface area contributed by atoms with E-state index in [2.05, 4.69) is 29.2 Å². The Balaban J connectivity index is 0.00000280. The minimum Gasteiger partial charge on any atom is -0.467 e. The fourth-order valence-electron chi connectivity index (χ4n) is 4.12. The number of guanidine groups is 1. The molecule has 0 saturated heterocycles. The Morgan fingerprint density at radius 2 is 2.04 bits per heavy atom. The van der Waals surface area contributed by atoms with Crippen LogP contribution in [0.2, 0.25) is 0 Å². The summed E-state index contributed by atoms with van der Waals surface area (Å²) in [6.45, 7) is 4.68. The highest BCUT2D eigenvalue weighted by molar-refractivity contribution is 14.0. The number of rotatable bonds is 5. The molecule has 1 fully saturated rings. The van der Waals surface area contributed by atoms with E-state index in [-0.39, 0.29) is 36.6 Å². The number of nitrogens with zero attached hydrogens (tertiary/aromatic N) is 2. The molecule has 1 aliphatic carbocycles. The van der Waals surface area contributed by atoms with E-state index in [0.717, 1.165) is 41.2 Å². The quantitative estimate of drug-likeness (QED) is 0.371. The highest BCUT2D eigenvalue weighted by Gasteiger charge is 2.21. The van der Waals surface area contributed by atoms with E-state index in [4.69, 9.17) is 9.47 Å². The first-order valence-corrected chi connectivity index (χ1v) is 10.0. The van der Waals surface area contributed by atoms with E-state index in [9.17, 15) is 4.39 Å². The maximum absolute atomic E-state index is 13.9. The number of aliphatic imine (C=N–C) groups is 1. The van der Waals surface area contributed by atoms with Crippen molar-refractivity contribution in [3.63, 3.8) is 0 Å². The van der Waals surface area contributed by atoms with Gasteiger partial charge in [0.25, 0.3) is 0 Å². The largest absolute Gasteiger partial charge is 0.467 e. The lowest BCUT2D eigenvalue weighted by molar-refractivity contribution is -0.0172. The number of benzene rings is 1. The molecular formula is C21H33FIN3O2. The van der Waals surface area contributed by atoms with Crippen molar-refractivity contribution in [2.75, 3.05) is 34.0 Å². The second-order valence-electron chi connectivity index (χ2n) is 7.89. The van der Waals surface area contributed by atoms with Crippen LogP contribution in [-0.4, -0.2) is 44.8 Å². The van der Waals surface area contributed by atoms with Crippen molar-refractivity contribution in [3.8, 4) is 5.75 Å². The second-order valence-corrected chi connectivity index (χ2v) is 7.89. The number of hydrogen-bond donors (Lipinski definition) is 1. The van der Waals surface area contributed by atoms with Crippen LogP contribution in [0.5, 0.6) is 5.75 Å². The smallest absolute Gasteiger partial charge is 0.193 e. The molecule has 1 N–H and O–H groups in total. The van der Waals surface area contributed by atoms with Crippen LogP contribution in [0.1, 0.15) is 43.7 Å². The molecule has 0 aromatic heterocycles. The Morgan fingerprint density at radius 1 is 1.29 bits per heavy atom. The third kappa shape index (κ3) is 6.20. The second kappa shape index (κ2) is 11.2. The molecule has 158 valence electrons. The zero-order valence-electron chi connectivity index (χ0n) is 17.2. The highest BCUT2D eigenvalue weighted by atomic mass is 127. The summed E-state index contributed by atoms with van der Waals surface area (Å²) in [4.78, 5) is 6.63. The zero-order chi connectivity index (χ0) is 19.2. The number of hydrogen-bond acceptors (Lipinski definition) is 3. The maximum Gasteiger partial charge on any atom is 0.193 e. The molecule has 3 rings (SSSR count). The van der Waals surface area contributed by atoms with Crippen LogP contribution in [0.25, 0.3) is 0 Å². The summed E-state index contributed by atoms with van der Waals surface area (Å²) >= 11 is 0. The molecule has 1 aromatic rings. The first-order chi connectivity index (χ1) is 13.1. The predicted molar refractivity (Wildman–Crippen MR) is 121 cm³/mol. The third-order valence-electron chi connectivity index (χ3n) is 5.67. The van der Waals surface area contributed by atoms with E-state index in [1.54, 1.807) is 6.07 Å². The van der Waals surface area contributed by atoms with Gasteiger partial charge in [0, 0.05) is 32.7 Å². The van der Waals surface area contributed by atoms with Crippen molar-refractivity contribution in [2.24, 2.45) is 16.8 Å². The molecule has 0 radical (unpaired) electrons. The molecule has 7 heteroatoms. The van der Waals surface area contributed by atoms with Crippen LogP contribution in [0, 0.1) is 17.7 Å².